The minimum absolute atomic E-state index is 0.796. The lowest BCUT2D eigenvalue weighted by Crippen LogP contribution is -3.07. The predicted molar refractivity (Wildman–Crippen MR) is 92.2 cm³/mol. The standard InChI is InChI=1S/C17H24N4OS/c1-19(12-14-7-9-15(22-2)10-8-14)13-21-17(23)20-11-5-3-4-6-16(20)18-21/h7-10H,3-6,11-13H2,1-2H3/p+1. The van der Waals surface area contributed by atoms with Gasteiger partial charge in [0.25, 0.3) is 0 Å². The zero-order valence-electron chi connectivity index (χ0n) is 13.9. The summed E-state index contributed by atoms with van der Waals surface area (Å²) in [6.07, 6.45) is 4.76. The number of aromatic nitrogens is 3. The maximum atomic E-state index is 5.62. The Bertz CT molecular complexity index is 704. The molecule has 1 unspecified atom stereocenters. The molecule has 1 aromatic heterocycles. The highest BCUT2D eigenvalue weighted by molar-refractivity contribution is 7.71. The summed E-state index contributed by atoms with van der Waals surface area (Å²) in [4.78, 5) is 1.36. The van der Waals surface area contributed by atoms with Crippen LogP contribution < -0.4 is 9.64 Å². The van der Waals surface area contributed by atoms with E-state index in [4.69, 9.17) is 22.1 Å². The van der Waals surface area contributed by atoms with Crippen LogP contribution in [0.2, 0.25) is 0 Å². The van der Waals surface area contributed by atoms with Crippen molar-refractivity contribution >= 4 is 12.2 Å². The van der Waals surface area contributed by atoms with Crippen LogP contribution in [-0.2, 0) is 26.2 Å². The molecule has 3 rings (SSSR count). The fourth-order valence-electron chi connectivity index (χ4n) is 3.13. The van der Waals surface area contributed by atoms with Gasteiger partial charge in [0.2, 0.25) is 4.77 Å². The second-order valence-corrected chi connectivity index (χ2v) is 6.67. The molecule has 0 fully saturated rings. The number of ether oxygens (including phenoxy) is 1. The molecule has 0 spiro atoms. The van der Waals surface area contributed by atoms with Crippen LogP contribution in [0.25, 0.3) is 0 Å². The molecule has 0 saturated carbocycles. The maximum absolute atomic E-state index is 5.62. The highest BCUT2D eigenvalue weighted by Gasteiger charge is 2.15. The van der Waals surface area contributed by atoms with Crippen LogP contribution in [-0.4, -0.2) is 28.5 Å². The number of quaternary nitrogens is 1. The lowest BCUT2D eigenvalue weighted by Gasteiger charge is -2.14. The van der Waals surface area contributed by atoms with Gasteiger partial charge in [-0.15, -0.1) is 0 Å². The molecule has 23 heavy (non-hydrogen) atoms. The Labute approximate surface area is 142 Å². The summed E-state index contributed by atoms with van der Waals surface area (Å²) in [6, 6.07) is 8.24. The molecule has 5 nitrogen and oxygen atoms in total. The van der Waals surface area contributed by atoms with Crippen molar-refractivity contribution < 1.29 is 9.64 Å². The molecule has 0 radical (unpaired) electrons. The molecule has 0 aliphatic carbocycles. The van der Waals surface area contributed by atoms with E-state index < -0.39 is 0 Å². The van der Waals surface area contributed by atoms with Gasteiger partial charge in [-0.3, -0.25) is 0 Å². The van der Waals surface area contributed by atoms with Gasteiger partial charge in [-0.2, -0.15) is 9.78 Å². The Morgan fingerprint density at radius 2 is 2.00 bits per heavy atom. The first kappa shape index (κ1) is 16.2. The molecule has 2 heterocycles. The van der Waals surface area contributed by atoms with Gasteiger partial charge in [0, 0.05) is 18.5 Å². The second-order valence-electron chi connectivity index (χ2n) is 6.30. The summed E-state index contributed by atoms with van der Waals surface area (Å²) in [5.41, 5.74) is 1.29. The van der Waals surface area contributed by atoms with Crippen molar-refractivity contribution in [3.63, 3.8) is 0 Å². The Balaban J connectivity index is 1.67. The normalized spacial score (nSPS) is 15.7. The molecule has 1 atom stereocenters. The van der Waals surface area contributed by atoms with Gasteiger partial charge in [0.15, 0.2) is 6.67 Å². The molecule has 124 valence electrons. The number of aryl methyl sites for hydroxylation is 1. The van der Waals surface area contributed by atoms with Crippen LogP contribution in [0.4, 0.5) is 0 Å². The molecule has 0 amide bonds. The van der Waals surface area contributed by atoms with Gasteiger partial charge in [-0.1, -0.05) is 6.42 Å². The first-order valence-corrected chi connectivity index (χ1v) is 8.69. The maximum Gasteiger partial charge on any atom is 0.202 e. The van der Waals surface area contributed by atoms with Crippen LogP contribution in [0.1, 0.15) is 30.7 Å². The van der Waals surface area contributed by atoms with Crippen molar-refractivity contribution in [3.8, 4) is 5.75 Å². The molecule has 2 aromatic rings. The smallest absolute Gasteiger partial charge is 0.202 e. The summed E-state index contributed by atoms with van der Waals surface area (Å²) in [7, 11) is 3.87. The van der Waals surface area contributed by atoms with E-state index in [1.165, 1.54) is 29.7 Å². The average molecular weight is 333 g/mol. The monoisotopic (exact) mass is 333 g/mol. The van der Waals surface area contributed by atoms with Crippen LogP contribution in [0.3, 0.4) is 0 Å². The largest absolute Gasteiger partial charge is 0.497 e. The third-order valence-electron chi connectivity index (χ3n) is 4.37. The lowest BCUT2D eigenvalue weighted by molar-refractivity contribution is -0.917. The first-order chi connectivity index (χ1) is 11.2. The summed E-state index contributed by atoms with van der Waals surface area (Å²) in [5.74, 6) is 2.05. The van der Waals surface area contributed by atoms with Crippen molar-refractivity contribution in [2.45, 2.75) is 45.4 Å². The van der Waals surface area contributed by atoms with E-state index in [1.807, 2.05) is 16.8 Å². The number of nitrogens with zero attached hydrogens (tertiary/aromatic N) is 3. The minimum Gasteiger partial charge on any atom is -0.497 e. The van der Waals surface area contributed by atoms with E-state index in [0.29, 0.717) is 0 Å². The van der Waals surface area contributed by atoms with E-state index in [0.717, 1.165) is 42.5 Å². The van der Waals surface area contributed by atoms with Gasteiger partial charge >= 0.3 is 0 Å². The third kappa shape index (κ3) is 3.82. The minimum atomic E-state index is 0.796. The van der Waals surface area contributed by atoms with E-state index in [1.54, 1.807) is 7.11 Å². The van der Waals surface area contributed by atoms with E-state index in [2.05, 4.69) is 23.7 Å². The van der Waals surface area contributed by atoms with Crippen molar-refractivity contribution in [2.24, 2.45) is 0 Å². The van der Waals surface area contributed by atoms with Gasteiger partial charge in [0.05, 0.1) is 14.2 Å². The zero-order chi connectivity index (χ0) is 16.2. The number of fused-ring (bicyclic) bond motifs is 1. The van der Waals surface area contributed by atoms with Crippen molar-refractivity contribution in [1.82, 2.24) is 14.3 Å². The molecule has 0 saturated heterocycles. The fraction of sp³-hybridized carbons (Fsp3) is 0.529. The number of rotatable bonds is 5. The number of hydrogen-bond acceptors (Lipinski definition) is 3. The van der Waals surface area contributed by atoms with Crippen LogP contribution in [0, 0.1) is 4.77 Å². The quantitative estimate of drug-likeness (QED) is 0.848. The van der Waals surface area contributed by atoms with Crippen molar-refractivity contribution in [1.29, 1.82) is 0 Å². The van der Waals surface area contributed by atoms with Gasteiger partial charge in [0.1, 0.15) is 18.1 Å². The molecular weight excluding hydrogens is 308 g/mol. The summed E-state index contributed by atoms with van der Waals surface area (Å²) in [5, 5.41) is 4.75. The molecular formula is C17H25N4OS+. The highest BCUT2D eigenvalue weighted by Crippen LogP contribution is 2.14. The Morgan fingerprint density at radius 3 is 2.74 bits per heavy atom. The molecule has 1 aromatic carbocycles. The summed E-state index contributed by atoms with van der Waals surface area (Å²) >= 11 is 5.62. The number of hydrogen-bond donors (Lipinski definition) is 1. The summed E-state index contributed by atoms with van der Waals surface area (Å²) in [6.45, 7) is 2.75. The predicted octanol–water partition coefficient (Wildman–Crippen LogP) is 1.82. The Kier molecular flexibility index (Phi) is 5.13. The molecule has 1 N–H and O–H groups in total. The van der Waals surface area contributed by atoms with Crippen molar-refractivity contribution in [3.05, 3.63) is 40.4 Å². The van der Waals surface area contributed by atoms with E-state index in [9.17, 15) is 0 Å². The molecule has 6 heteroatoms. The zero-order valence-corrected chi connectivity index (χ0v) is 14.7. The summed E-state index contributed by atoms with van der Waals surface area (Å²) < 4.78 is 10.3. The number of nitrogens with one attached hydrogen (secondary N) is 1. The number of methoxy groups -OCH3 is 1. The van der Waals surface area contributed by atoms with Crippen LogP contribution in [0.15, 0.2) is 24.3 Å². The SMILES string of the molecule is COc1ccc(C[NH+](C)Cn2nc3n(c2=S)CCCCC3)cc1. The van der Waals surface area contributed by atoms with E-state index >= 15 is 0 Å². The van der Waals surface area contributed by atoms with E-state index in [-0.39, 0.29) is 0 Å². The molecule has 1 aliphatic rings. The third-order valence-corrected chi connectivity index (χ3v) is 4.80. The topological polar surface area (TPSA) is 36.4 Å². The fourth-order valence-corrected chi connectivity index (χ4v) is 3.43. The highest BCUT2D eigenvalue weighted by atomic mass is 32.1. The molecule has 0 bridgehead atoms. The Hall–Kier alpha value is -1.66. The Morgan fingerprint density at radius 1 is 1.22 bits per heavy atom. The van der Waals surface area contributed by atoms with Crippen LogP contribution >= 0.6 is 12.2 Å². The van der Waals surface area contributed by atoms with Crippen LogP contribution in [0.5, 0.6) is 5.75 Å². The second kappa shape index (κ2) is 7.27. The van der Waals surface area contributed by atoms with Crippen molar-refractivity contribution in [2.75, 3.05) is 14.2 Å². The average Bonchev–Trinajstić information content (AvgIpc) is 2.73. The number of benzene rings is 1. The van der Waals surface area contributed by atoms with Gasteiger partial charge in [-0.25, -0.2) is 0 Å². The van der Waals surface area contributed by atoms with Gasteiger partial charge < -0.3 is 14.2 Å². The lowest BCUT2D eigenvalue weighted by atomic mass is 10.2. The molecule has 1 aliphatic heterocycles. The van der Waals surface area contributed by atoms with Gasteiger partial charge in [-0.05, 0) is 49.3 Å². The first-order valence-electron chi connectivity index (χ1n) is 8.28.